The molecule has 1 aromatic heterocycles. The molecule has 2 aromatic rings. The lowest BCUT2D eigenvalue weighted by molar-refractivity contribution is -0.153. The number of amides is 1. The molecule has 0 spiro atoms. The van der Waals surface area contributed by atoms with Crippen LogP contribution in [0, 0.1) is 5.92 Å². The summed E-state index contributed by atoms with van der Waals surface area (Å²) in [7, 11) is -3.68. The molecule has 216 valence electrons. The molecule has 1 N–H and O–H groups in total. The number of aryl methyl sites for hydroxylation is 1. The Balaban J connectivity index is 1.21. The van der Waals surface area contributed by atoms with E-state index in [1.165, 1.54) is 10.5 Å². The number of ether oxygens (including phenoxy) is 1. The van der Waals surface area contributed by atoms with Gasteiger partial charge in [0, 0.05) is 37.5 Å². The number of nitrogens with one attached hydrogen (secondary N) is 1. The number of aromatic nitrogens is 2. The van der Waals surface area contributed by atoms with E-state index in [1.807, 2.05) is 17.9 Å². The van der Waals surface area contributed by atoms with Gasteiger partial charge in [-0.25, -0.2) is 17.5 Å². The Hall–Kier alpha value is -2.25. The number of alkyl halides is 4. The summed E-state index contributed by atoms with van der Waals surface area (Å²) in [6.07, 6.45) is 5.77. The number of piperidine rings is 1. The SMILES string of the molecule is Cn1ncc2cc(C3CCC(OC[C@@H]4CN(C(=O)C5(F)CCC5)CC[C@@H]4NS(=O)(=O)C(F)(F)F)CC3)ccc21. The summed E-state index contributed by atoms with van der Waals surface area (Å²) < 4.78 is 87.4. The van der Waals surface area contributed by atoms with Crippen LogP contribution in [0.2, 0.25) is 0 Å². The van der Waals surface area contributed by atoms with Crippen molar-refractivity contribution in [3.05, 3.63) is 30.0 Å². The van der Waals surface area contributed by atoms with Crippen LogP contribution in [0.3, 0.4) is 0 Å². The highest BCUT2D eigenvalue weighted by atomic mass is 32.2. The lowest BCUT2D eigenvalue weighted by atomic mass is 9.80. The zero-order chi connectivity index (χ0) is 28.0. The van der Waals surface area contributed by atoms with Gasteiger partial charge in [-0.1, -0.05) is 6.07 Å². The molecule has 0 bridgehead atoms. The van der Waals surface area contributed by atoms with Gasteiger partial charge < -0.3 is 9.64 Å². The summed E-state index contributed by atoms with van der Waals surface area (Å²) in [5.41, 5.74) is -5.09. The number of benzene rings is 1. The molecule has 3 aliphatic rings. The van der Waals surface area contributed by atoms with Crippen LogP contribution in [0.25, 0.3) is 10.9 Å². The van der Waals surface area contributed by atoms with E-state index >= 15 is 0 Å². The fourth-order valence-corrected chi connectivity index (χ4v) is 6.89. The molecule has 13 heteroatoms. The number of carbonyl (C=O) groups is 1. The van der Waals surface area contributed by atoms with Crippen molar-refractivity contribution in [3.63, 3.8) is 0 Å². The molecule has 8 nitrogen and oxygen atoms in total. The number of nitrogens with zero attached hydrogens (tertiary/aromatic N) is 3. The first-order chi connectivity index (χ1) is 18.4. The smallest absolute Gasteiger partial charge is 0.378 e. The maximum atomic E-state index is 14.8. The first-order valence-corrected chi connectivity index (χ1v) is 14.9. The first kappa shape index (κ1) is 28.3. The molecule has 5 rings (SSSR count). The third-order valence-corrected chi connectivity index (χ3v) is 9.85. The quantitative estimate of drug-likeness (QED) is 0.502. The van der Waals surface area contributed by atoms with Crippen molar-refractivity contribution in [2.75, 3.05) is 19.7 Å². The standard InChI is InChI=1S/C26H34F4N4O4S/c1-33-23-8-5-18(13-19(23)14-31-33)17-3-6-21(7-4-17)38-16-20-15-34(24(35)25(27)10-2-11-25)12-9-22(20)32-39(36,37)26(28,29)30/h5,8,13-14,17,20-22,32H,2-4,6-7,9-12,15-16H2,1H3/t17?,20-,21?,22-/m0/s1. The molecule has 39 heavy (non-hydrogen) atoms. The molecular formula is C26H34F4N4O4S. The topological polar surface area (TPSA) is 93.5 Å². The van der Waals surface area contributed by atoms with Crippen LogP contribution in [0.1, 0.15) is 62.8 Å². The molecule has 2 saturated carbocycles. The second kappa shape index (κ2) is 10.6. The average Bonchev–Trinajstić information content (AvgIpc) is 3.25. The summed E-state index contributed by atoms with van der Waals surface area (Å²) in [6.45, 7) is -0.0977. The summed E-state index contributed by atoms with van der Waals surface area (Å²) in [6, 6.07) is 5.25. The highest BCUT2D eigenvalue weighted by Crippen LogP contribution is 2.39. The van der Waals surface area contributed by atoms with Crippen molar-refractivity contribution in [2.45, 2.75) is 80.6 Å². The molecule has 1 saturated heterocycles. The molecule has 0 radical (unpaired) electrons. The predicted molar refractivity (Wildman–Crippen MR) is 136 cm³/mol. The van der Waals surface area contributed by atoms with Crippen molar-refractivity contribution in [1.29, 1.82) is 0 Å². The molecule has 1 amide bonds. The molecule has 2 atom stereocenters. The van der Waals surface area contributed by atoms with Crippen molar-refractivity contribution in [3.8, 4) is 0 Å². The largest absolute Gasteiger partial charge is 0.511 e. The Kier molecular flexibility index (Phi) is 7.70. The Bertz CT molecular complexity index is 1300. The van der Waals surface area contributed by atoms with E-state index in [-0.39, 0.29) is 45.1 Å². The van der Waals surface area contributed by atoms with Crippen molar-refractivity contribution < 1.29 is 35.5 Å². The number of hydrogen-bond acceptors (Lipinski definition) is 5. The fraction of sp³-hybridized carbons (Fsp3) is 0.692. The van der Waals surface area contributed by atoms with Gasteiger partial charge in [0.15, 0.2) is 5.67 Å². The van der Waals surface area contributed by atoms with E-state index in [0.29, 0.717) is 12.3 Å². The maximum Gasteiger partial charge on any atom is 0.511 e. The number of sulfonamides is 1. The van der Waals surface area contributed by atoms with E-state index < -0.39 is 39.1 Å². The fourth-order valence-electron chi connectivity index (χ4n) is 6.05. The Morgan fingerprint density at radius 3 is 2.54 bits per heavy atom. The monoisotopic (exact) mass is 574 g/mol. The second-order valence-corrected chi connectivity index (χ2v) is 12.9. The van der Waals surface area contributed by atoms with Gasteiger partial charge in [-0.2, -0.15) is 18.3 Å². The highest BCUT2D eigenvalue weighted by Gasteiger charge is 2.51. The van der Waals surface area contributed by atoms with E-state index in [4.69, 9.17) is 4.74 Å². The van der Waals surface area contributed by atoms with Gasteiger partial charge in [-0.15, -0.1) is 0 Å². The lowest BCUT2D eigenvalue weighted by Crippen LogP contribution is -2.59. The normalized spacial score (nSPS) is 27.9. The van der Waals surface area contributed by atoms with E-state index in [2.05, 4.69) is 23.3 Å². The third-order valence-electron chi connectivity index (χ3n) is 8.62. The minimum Gasteiger partial charge on any atom is -0.378 e. The number of carbonyl (C=O) groups excluding carboxylic acids is 1. The second-order valence-electron chi connectivity index (χ2n) is 11.2. The highest BCUT2D eigenvalue weighted by molar-refractivity contribution is 7.90. The summed E-state index contributed by atoms with van der Waals surface area (Å²) in [4.78, 5) is 14.1. The number of likely N-dealkylation sites (tertiary alicyclic amines) is 1. The van der Waals surface area contributed by atoms with Crippen molar-refractivity contribution in [1.82, 2.24) is 19.4 Å². The van der Waals surface area contributed by atoms with Crippen LogP contribution in [-0.4, -0.2) is 72.0 Å². The Morgan fingerprint density at radius 1 is 1.18 bits per heavy atom. The summed E-state index contributed by atoms with van der Waals surface area (Å²) >= 11 is 0. The van der Waals surface area contributed by atoms with Crippen LogP contribution in [0.4, 0.5) is 17.6 Å². The van der Waals surface area contributed by atoms with Crippen LogP contribution in [-0.2, 0) is 26.6 Å². The number of rotatable bonds is 7. The molecular weight excluding hydrogens is 540 g/mol. The zero-order valence-corrected chi connectivity index (χ0v) is 22.6. The first-order valence-electron chi connectivity index (χ1n) is 13.5. The Labute approximate surface area is 225 Å². The third kappa shape index (κ3) is 5.81. The summed E-state index contributed by atoms with van der Waals surface area (Å²) in [5, 5.41) is 5.37. The number of fused-ring (bicyclic) bond motifs is 1. The van der Waals surface area contributed by atoms with Gasteiger partial charge in [0.1, 0.15) is 0 Å². The van der Waals surface area contributed by atoms with Crippen LogP contribution >= 0.6 is 0 Å². The summed E-state index contributed by atoms with van der Waals surface area (Å²) in [5.74, 6) is -1.04. The number of hydrogen-bond donors (Lipinski definition) is 1. The minimum atomic E-state index is -5.57. The van der Waals surface area contributed by atoms with Crippen LogP contribution < -0.4 is 4.72 Å². The predicted octanol–water partition coefficient (Wildman–Crippen LogP) is 4.16. The van der Waals surface area contributed by atoms with Gasteiger partial charge >= 0.3 is 15.5 Å². The van der Waals surface area contributed by atoms with Gasteiger partial charge in [-0.05, 0) is 75.0 Å². The molecule has 1 aromatic carbocycles. The molecule has 2 heterocycles. The van der Waals surface area contributed by atoms with Crippen molar-refractivity contribution >= 4 is 26.8 Å². The lowest BCUT2D eigenvalue weighted by Gasteiger charge is -2.43. The van der Waals surface area contributed by atoms with E-state index in [1.54, 1.807) is 4.72 Å². The van der Waals surface area contributed by atoms with E-state index in [9.17, 15) is 30.8 Å². The molecule has 1 aliphatic heterocycles. The molecule has 0 unspecified atom stereocenters. The van der Waals surface area contributed by atoms with Gasteiger partial charge in [0.2, 0.25) is 0 Å². The van der Waals surface area contributed by atoms with Crippen LogP contribution in [0.5, 0.6) is 0 Å². The average molecular weight is 575 g/mol. The van der Waals surface area contributed by atoms with E-state index in [0.717, 1.165) is 36.6 Å². The van der Waals surface area contributed by atoms with Gasteiger partial charge in [-0.3, -0.25) is 9.48 Å². The molecule has 2 aliphatic carbocycles. The zero-order valence-electron chi connectivity index (χ0n) is 21.8. The van der Waals surface area contributed by atoms with Crippen LogP contribution in [0.15, 0.2) is 24.4 Å². The van der Waals surface area contributed by atoms with Gasteiger partial charge in [0.05, 0.1) is 24.4 Å². The van der Waals surface area contributed by atoms with Gasteiger partial charge in [0.25, 0.3) is 5.91 Å². The molecule has 3 fully saturated rings. The minimum absolute atomic E-state index is 0.0154. The Morgan fingerprint density at radius 2 is 1.90 bits per heavy atom. The number of halogens is 4. The maximum absolute atomic E-state index is 14.8. The van der Waals surface area contributed by atoms with Crippen molar-refractivity contribution in [2.24, 2.45) is 13.0 Å².